The van der Waals surface area contributed by atoms with E-state index in [4.69, 9.17) is 0 Å². The van der Waals surface area contributed by atoms with Gasteiger partial charge in [-0.25, -0.2) is 0 Å². The molecule has 1 unspecified atom stereocenters. The first-order chi connectivity index (χ1) is 16.2. The van der Waals surface area contributed by atoms with Crippen molar-refractivity contribution in [2.24, 2.45) is 11.8 Å². The maximum atomic E-state index is 13.5. The highest BCUT2D eigenvalue weighted by Gasteiger charge is 2.41. The first-order valence-corrected chi connectivity index (χ1v) is 12.5. The van der Waals surface area contributed by atoms with Gasteiger partial charge in [-0.3, -0.25) is 19.2 Å². The fraction of sp³-hybridized carbons (Fsp3) is 0.615. The third-order valence-electron chi connectivity index (χ3n) is 6.87. The molecule has 4 amide bonds. The van der Waals surface area contributed by atoms with E-state index >= 15 is 0 Å². The molecule has 0 aliphatic carbocycles. The zero-order valence-corrected chi connectivity index (χ0v) is 20.7. The summed E-state index contributed by atoms with van der Waals surface area (Å²) in [6.45, 7) is 8.30. The highest BCUT2D eigenvalue weighted by atomic mass is 16.2. The van der Waals surface area contributed by atoms with E-state index in [1.807, 2.05) is 58.0 Å². The predicted octanol–water partition coefficient (Wildman–Crippen LogP) is 1.78. The van der Waals surface area contributed by atoms with Crippen LogP contribution in [0.4, 0.5) is 0 Å². The summed E-state index contributed by atoms with van der Waals surface area (Å²) in [4.78, 5) is 55.1. The van der Waals surface area contributed by atoms with Crippen LogP contribution in [0.15, 0.2) is 30.3 Å². The number of carbonyl (C=O) groups is 4. The molecular weight excluding hydrogens is 432 g/mol. The van der Waals surface area contributed by atoms with Gasteiger partial charge in [-0.15, -0.1) is 0 Å². The summed E-state index contributed by atoms with van der Waals surface area (Å²) in [5.74, 6) is -1.27. The summed E-state index contributed by atoms with van der Waals surface area (Å²) >= 11 is 0. The van der Waals surface area contributed by atoms with E-state index in [2.05, 4.69) is 16.0 Å². The van der Waals surface area contributed by atoms with Crippen LogP contribution in [0.2, 0.25) is 0 Å². The van der Waals surface area contributed by atoms with Crippen LogP contribution in [-0.4, -0.2) is 59.2 Å². The van der Waals surface area contributed by atoms with Gasteiger partial charge in [0.25, 0.3) is 0 Å². The van der Waals surface area contributed by atoms with Crippen molar-refractivity contribution in [2.75, 3.05) is 6.54 Å². The zero-order chi connectivity index (χ0) is 24.8. The van der Waals surface area contributed by atoms with E-state index in [9.17, 15) is 19.2 Å². The topological polar surface area (TPSA) is 108 Å². The fourth-order valence-electron chi connectivity index (χ4n) is 4.74. The number of nitrogens with one attached hydrogen (secondary N) is 3. The molecule has 1 aromatic carbocycles. The minimum atomic E-state index is -0.866. The van der Waals surface area contributed by atoms with E-state index < -0.39 is 24.2 Å². The lowest BCUT2D eigenvalue weighted by Gasteiger charge is -2.34. The number of hydrogen-bond acceptors (Lipinski definition) is 4. The molecule has 0 saturated carbocycles. The molecule has 186 valence electrons. The predicted molar refractivity (Wildman–Crippen MR) is 130 cm³/mol. The highest BCUT2D eigenvalue weighted by Crippen LogP contribution is 2.22. The van der Waals surface area contributed by atoms with E-state index in [1.54, 1.807) is 4.90 Å². The van der Waals surface area contributed by atoms with Crippen molar-refractivity contribution in [1.82, 2.24) is 20.9 Å². The molecule has 2 aliphatic heterocycles. The lowest BCUT2D eigenvalue weighted by molar-refractivity contribution is -0.144. The van der Waals surface area contributed by atoms with Crippen molar-refractivity contribution in [3.8, 4) is 0 Å². The second-order valence-corrected chi connectivity index (χ2v) is 10.0. The standard InChI is InChI=1S/C26H38N4O4/c1-5-17(4)22-25(33)27-19(15-18-10-7-6-8-11-18)23(31)28-20(14-16(2)3)26(34)30-13-9-12-21(30)24(32)29-22/h6-8,10-11,16-17,19-22H,5,9,12-15H2,1-4H3,(H,27,33)(H,28,31)(H,29,32)/t17?,19-,20-,21+,22-/m0/s1. The van der Waals surface area contributed by atoms with Crippen molar-refractivity contribution >= 4 is 23.6 Å². The number of fused-ring (bicyclic) bond motifs is 1. The van der Waals surface area contributed by atoms with Gasteiger partial charge in [0, 0.05) is 13.0 Å². The van der Waals surface area contributed by atoms with Crippen LogP contribution in [0.5, 0.6) is 0 Å². The van der Waals surface area contributed by atoms with Crippen molar-refractivity contribution in [3.63, 3.8) is 0 Å². The van der Waals surface area contributed by atoms with E-state index in [1.165, 1.54) is 0 Å². The molecule has 0 aromatic heterocycles. The molecule has 2 saturated heterocycles. The molecule has 5 atom stereocenters. The Balaban J connectivity index is 1.98. The SMILES string of the molecule is CCC(C)[C@@H]1NC(=O)[C@H]2CCCN2C(=O)[C@H](CC(C)C)NC(=O)[C@H](Cc2ccccc2)NC1=O. The van der Waals surface area contributed by atoms with Gasteiger partial charge in [0.1, 0.15) is 24.2 Å². The first-order valence-electron chi connectivity index (χ1n) is 12.5. The Labute approximate surface area is 202 Å². The molecule has 3 N–H and O–H groups in total. The minimum Gasteiger partial charge on any atom is -0.342 e. The molecule has 0 bridgehead atoms. The smallest absolute Gasteiger partial charge is 0.245 e. The number of amides is 4. The van der Waals surface area contributed by atoms with Gasteiger partial charge in [0.15, 0.2) is 0 Å². The third-order valence-corrected chi connectivity index (χ3v) is 6.87. The lowest BCUT2D eigenvalue weighted by atomic mass is 9.96. The van der Waals surface area contributed by atoms with Gasteiger partial charge in [-0.2, -0.15) is 0 Å². The Morgan fingerprint density at radius 1 is 0.912 bits per heavy atom. The summed E-state index contributed by atoms with van der Waals surface area (Å²) in [5, 5.41) is 8.70. The molecule has 0 radical (unpaired) electrons. The van der Waals surface area contributed by atoms with Gasteiger partial charge in [0.05, 0.1) is 0 Å². The van der Waals surface area contributed by atoms with Gasteiger partial charge >= 0.3 is 0 Å². The normalized spacial score (nSPS) is 27.3. The zero-order valence-electron chi connectivity index (χ0n) is 20.7. The lowest BCUT2D eigenvalue weighted by Crippen LogP contribution is -2.62. The summed E-state index contributed by atoms with van der Waals surface area (Å²) in [6, 6.07) is 6.42. The summed E-state index contributed by atoms with van der Waals surface area (Å²) < 4.78 is 0. The van der Waals surface area contributed by atoms with E-state index in [0.717, 1.165) is 5.56 Å². The van der Waals surface area contributed by atoms with Crippen LogP contribution in [0.25, 0.3) is 0 Å². The Morgan fingerprint density at radius 2 is 1.59 bits per heavy atom. The van der Waals surface area contributed by atoms with Gasteiger partial charge in [-0.1, -0.05) is 64.4 Å². The van der Waals surface area contributed by atoms with Crippen LogP contribution >= 0.6 is 0 Å². The van der Waals surface area contributed by atoms with Crippen molar-refractivity contribution < 1.29 is 19.2 Å². The van der Waals surface area contributed by atoms with Crippen molar-refractivity contribution in [3.05, 3.63) is 35.9 Å². The van der Waals surface area contributed by atoms with Crippen LogP contribution in [-0.2, 0) is 25.6 Å². The Hall–Kier alpha value is -2.90. The van der Waals surface area contributed by atoms with Crippen LogP contribution in [0, 0.1) is 11.8 Å². The highest BCUT2D eigenvalue weighted by molar-refractivity contribution is 5.98. The van der Waals surface area contributed by atoms with E-state index in [0.29, 0.717) is 32.2 Å². The summed E-state index contributed by atoms with van der Waals surface area (Å²) in [6.07, 6.45) is 2.68. The first kappa shape index (κ1) is 25.7. The average Bonchev–Trinajstić information content (AvgIpc) is 3.30. The average molecular weight is 471 g/mol. The number of benzene rings is 1. The van der Waals surface area contributed by atoms with Gasteiger partial charge < -0.3 is 20.9 Å². The molecule has 2 heterocycles. The van der Waals surface area contributed by atoms with Gasteiger partial charge in [-0.05, 0) is 36.7 Å². The van der Waals surface area contributed by atoms with Crippen LogP contribution in [0.1, 0.15) is 58.9 Å². The van der Waals surface area contributed by atoms with Crippen molar-refractivity contribution in [1.29, 1.82) is 0 Å². The Bertz CT molecular complexity index is 888. The largest absolute Gasteiger partial charge is 0.342 e. The van der Waals surface area contributed by atoms with Crippen LogP contribution in [0.3, 0.4) is 0 Å². The molecule has 0 spiro atoms. The van der Waals surface area contributed by atoms with E-state index in [-0.39, 0.29) is 41.9 Å². The molecule has 2 aliphatic rings. The number of rotatable bonds is 6. The Kier molecular flexibility index (Phi) is 8.69. The second-order valence-electron chi connectivity index (χ2n) is 10.0. The monoisotopic (exact) mass is 470 g/mol. The van der Waals surface area contributed by atoms with Gasteiger partial charge in [0.2, 0.25) is 23.6 Å². The summed E-state index contributed by atoms with van der Waals surface area (Å²) in [5.41, 5.74) is 0.894. The molecule has 2 fully saturated rings. The van der Waals surface area contributed by atoms with Crippen LogP contribution < -0.4 is 16.0 Å². The maximum absolute atomic E-state index is 13.5. The maximum Gasteiger partial charge on any atom is 0.245 e. The molecule has 8 nitrogen and oxygen atoms in total. The minimum absolute atomic E-state index is 0.133. The fourth-order valence-corrected chi connectivity index (χ4v) is 4.74. The Morgan fingerprint density at radius 3 is 2.24 bits per heavy atom. The van der Waals surface area contributed by atoms with Crippen molar-refractivity contribution in [2.45, 2.75) is 84.0 Å². The molecule has 34 heavy (non-hydrogen) atoms. The number of hydrogen-bond donors (Lipinski definition) is 3. The quantitative estimate of drug-likeness (QED) is 0.589. The molecule has 3 rings (SSSR count). The number of nitrogens with zero attached hydrogens (tertiary/aromatic N) is 1. The summed E-state index contributed by atoms with van der Waals surface area (Å²) in [7, 11) is 0. The molecular formula is C26H38N4O4. The molecule has 1 aromatic rings. The molecule has 8 heteroatoms. The number of carbonyl (C=O) groups excluding carboxylic acids is 4. The second kappa shape index (κ2) is 11.5. The third kappa shape index (κ3) is 6.15.